The Balaban J connectivity index is 3.76. The van der Waals surface area contributed by atoms with Crippen LogP contribution in [-0.4, -0.2) is 67.8 Å². The first-order chi connectivity index (χ1) is 6.60. The molecule has 4 nitrogen and oxygen atoms in total. The molecule has 0 spiro atoms. The topological polar surface area (TPSA) is 52.7 Å². The number of hydrogen-bond acceptors (Lipinski definition) is 4. The van der Waals surface area contributed by atoms with Crippen molar-refractivity contribution in [2.24, 2.45) is 5.73 Å². The largest absolute Gasteiger partial charge is 0.390 e. The Bertz CT molecular complexity index is 131. The first-order valence-electron chi connectivity index (χ1n) is 5.35. The second-order valence-electron chi connectivity index (χ2n) is 3.99. The van der Waals surface area contributed by atoms with Crippen molar-refractivity contribution in [3.05, 3.63) is 0 Å². The van der Waals surface area contributed by atoms with Crippen LogP contribution >= 0.6 is 0 Å². The third-order valence-corrected chi connectivity index (χ3v) is 2.14. The maximum absolute atomic E-state index is 9.44. The van der Waals surface area contributed by atoms with E-state index in [1.807, 2.05) is 0 Å². The number of aliphatic hydroxyl groups excluding tert-OH is 1. The first kappa shape index (κ1) is 13.8. The third kappa shape index (κ3) is 7.26. The molecule has 0 saturated heterocycles. The molecular formula is C10H25N3O. The van der Waals surface area contributed by atoms with Crippen molar-refractivity contribution in [2.75, 3.05) is 46.8 Å². The van der Waals surface area contributed by atoms with Crippen molar-refractivity contribution in [2.45, 2.75) is 19.4 Å². The van der Waals surface area contributed by atoms with Crippen molar-refractivity contribution >= 4 is 0 Å². The van der Waals surface area contributed by atoms with Crippen LogP contribution in [0.4, 0.5) is 0 Å². The van der Waals surface area contributed by atoms with Crippen LogP contribution in [0.25, 0.3) is 0 Å². The molecule has 0 bridgehead atoms. The van der Waals surface area contributed by atoms with E-state index in [1.165, 1.54) is 0 Å². The molecule has 0 aliphatic heterocycles. The molecule has 3 N–H and O–H groups in total. The van der Waals surface area contributed by atoms with Crippen LogP contribution in [0, 0.1) is 0 Å². The Morgan fingerprint density at radius 3 is 2.29 bits per heavy atom. The van der Waals surface area contributed by atoms with Crippen LogP contribution in [-0.2, 0) is 0 Å². The van der Waals surface area contributed by atoms with E-state index >= 15 is 0 Å². The van der Waals surface area contributed by atoms with Gasteiger partial charge >= 0.3 is 0 Å². The summed E-state index contributed by atoms with van der Waals surface area (Å²) in [5.74, 6) is 0. The molecule has 1 atom stereocenters. The monoisotopic (exact) mass is 203 g/mol. The lowest BCUT2D eigenvalue weighted by molar-refractivity contribution is 0.114. The van der Waals surface area contributed by atoms with Gasteiger partial charge in [-0.3, -0.25) is 4.90 Å². The summed E-state index contributed by atoms with van der Waals surface area (Å²) >= 11 is 0. The molecule has 0 amide bonds. The molecule has 86 valence electrons. The highest BCUT2D eigenvalue weighted by atomic mass is 16.3. The zero-order valence-corrected chi connectivity index (χ0v) is 9.74. The number of nitrogens with two attached hydrogens (primary N) is 1. The Kier molecular flexibility index (Phi) is 8.08. The predicted octanol–water partition coefficient (Wildman–Crippen LogP) is -0.420. The Morgan fingerprint density at radius 1 is 1.21 bits per heavy atom. The van der Waals surface area contributed by atoms with E-state index < -0.39 is 0 Å². The Hall–Kier alpha value is -0.160. The van der Waals surface area contributed by atoms with Crippen LogP contribution < -0.4 is 5.73 Å². The molecule has 0 saturated carbocycles. The normalized spacial score (nSPS) is 13.9. The van der Waals surface area contributed by atoms with Crippen LogP contribution in [0.15, 0.2) is 0 Å². The van der Waals surface area contributed by atoms with Gasteiger partial charge in [0.25, 0.3) is 0 Å². The molecule has 14 heavy (non-hydrogen) atoms. The molecule has 0 aromatic carbocycles. The van der Waals surface area contributed by atoms with Crippen molar-refractivity contribution in [3.8, 4) is 0 Å². The minimum absolute atomic E-state index is 0.349. The zero-order chi connectivity index (χ0) is 11.0. The highest BCUT2D eigenvalue weighted by Crippen LogP contribution is 1.94. The van der Waals surface area contributed by atoms with Gasteiger partial charge in [0.15, 0.2) is 0 Å². The highest BCUT2D eigenvalue weighted by molar-refractivity contribution is 4.65. The van der Waals surface area contributed by atoms with Gasteiger partial charge in [-0.2, -0.15) is 0 Å². The van der Waals surface area contributed by atoms with E-state index in [9.17, 15) is 5.11 Å². The lowest BCUT2D eigenvalue weighted by atomic mass is 10.3. The Morgan fingerprint density at radius 2 is 1.86 bits per heavy atom. The van der Waals surface area contributed by atoms with Gasteiger partial charge < -0.3 is 15.7 Å². The number of rotatable bonds is 8. The number of likely N-dealkylation sites (N-methyl/N-ethyl adjacent to an activating group) is 1. The standard InChI is InChI=1S/C10H25N3O/c1-4-5-13(7-6-12(2)3)9-10(14)8-11/h10,14H,4-9,11H2,1-3H3. The van der Waals surface area contributed by atoms with E-state index in [0.717, 1.165) is 26.1 Å². The average molecular weight is 203 g/mol. The van der Waals surface area contributed by atoms with Crippen LogP contribution in [0.2, 0.25) is 0 Å². The molecule has 0 heterocycles. The number of aliphatic hydroxyl groups is 1. The lowest BCUT2D eigenvalue weighted by Crippen LogP contribution is -2.40. The highest BCUT2D eigenvalue weighted by Gasteiger charge is 2.09. The fourth-order valence-corrected chi connectivity index (χ4v) is 1.32. The summed E-state index contributed by atoms with van der Waals surface area (Å²) in [5, 5.41) is 9.44. The quantitative estimate of drug-likeness (QED) is 0.562. The van der Waals surface area contributed by atoms with Crippen molar-refractivity contribution < 1.29 is 5.11 Å². The Labute approximate surface area is 87.7 Å². The first-order valence-corrected chi connectivity index (χ1v) is 5.35. The number of hydrogen-bond donors (Lipinski definition) is 2. The molecule has 0 rings (SSSR count). The maximum Gasteiger partial charge on any atom is 0.0789 e. The second kappa shape index (κ2) is 8.17. The van der Waals surface area contributed by atoms with Gasteiger partial charge in [-0.25, -0.2) is 0 Å². The molecule has 0 radical (unpaired) electrons. The van der Waals surface area contributed by atoms with Gasteiger partial charge in [-0.15, -0.1) is 0 Å². The zero-order valence-electron chi connectivity index (χ0n) is 9.74. The smallest absolute Gasteiger partial charge is 0.0789 e. The van der Waals surface area contributed by atoms with Crippen molar-refractivity contribution in [1.82, 2.24) is 9.80 Å². The van der Waals surface area contributed by atoms with Crippen molar-refractivity contribution in [3.63, 3.8) is 0 Å². The molecule has 0 aliphatic carbocycles. The summed E-state index contributed by atoms with van der Waals surface area (Å²) in [6, 6.07) is 0. The lowest BCUT2D eigenvalue weighted by Gasteiger charge is -2.25. The maximum atomic E-state index is 9.44. The molecule has 0 aromatic rings. The predicted molar refractivity (Wildman–Crippen MR) is 60.3 cm³/mol. The molecule has 4 heteroatoms. The summed E-state index contributed by atoms with van der Waals surface area (Å²) in [7, 11) is 4.12. The van der Waals surface area contributed by atoms with Crippen LogP contribution in [0.5, 0.6) is 0 Å². The van der Waals surface area contributed by atoms with Gasteiger partial charge in [0, 0.05) is 26.2 Å². The van der Waals surface area contributed by atoms with Gasteiger partial charge in [-0.05, 0) is 27.1 Å². The molecule has 0 aromatic heterocycles. The summed E-state index contributed by atoms with van der Waals surface area (Å²) in [6.45, 7) is 6.25. The fraction of sp³-hybridized carbons (Fsp3) is 1.00. The minimum Gasteiger partial charge on any atom is -0.390 e. The van der Waals surface area contributed by atoms with E-state index in [2.05, 4.69) is 30.8 Å². The van der Waals surface area contributed by atoms with Crippen LogP contribution in [0.1, 0.15) is 13.3 Å². The van der Waals surface area contributed by atoms with Crippen LogP contribution in [0.3, 0.4) is 0 Å². The van der Waals surface area contributed by atoms with Crippen molar-refractivity contribution in [1.29, 1.82) is 0 Å². The van der Waals surface area contributed by atoms with E-state index in [4.69, 9.17) is 5.73 Å². The molecule has 0 aliphatic rings. The minimum atomic E-state index is -0.385. The summed E-state index contributed by atoms with van der Waals surface area (Å²) < 4.78 is 0. The average Bonchev–Trinajstić information content (AvgIpc) is 2.14. The summed E-state index contributed by atoms with van der Waals surface area (Å²) in [6.07, 6.45) is 0.730. The van der Waals surface area contributed by atoms with E-state index in [-0.39, 0.29) is 6.10 Å². The fourth-order valence-electron chi connectivity index (χ4n) is 1.32. The SMILES string of the molecule is CCCN(CCN(C)C)CC(O)CN. The molecule has 0 fully saturated rings. The van der Waals surface area contributed by atoms with Gasteiger partial charge in [-0.1, -0.05) is 6.92 Å². The number of nitrogens with zero attached hydrogens (tertiary/aromatic N) is 2. The molecule has 1 unspecified atom stereocenters. The summed E-state index contributed by atoms with van der Waals surface area (Å²) in [4.78, 5) is 4.41. The van der Waals surface area contributed by atoms with Gasteiger partial charge in [0.1, 0.15) is 0 Å². The van der Waals surface area contributed by atoms with Gasteiger partial charge in [0.05, 0.1) is 6.10 Å². The van der Waals surface area contributed by atoms with E-state index in [0.29, 0.717) is 13.1 Å². The molecular weight excluding hydrogens is 178 g/mol. The van der Waals surface area contributed by atoms with E-state index in [1.54, 1.807) is 0 Å². The second-order valence-corrected chi connectivity index (χ2v) is 3.99. The van der Waals surface area contributed by atoms with Gasteiger partial charge in [0.2, 0.25) is 0 Å². The third-order valence-electron chi connectivity index (χ3n) is 2.14. The summed E-state index contributed by atoms with van der Waals surface area (Å²) in [5.41, 5.74) is 5.39.